The first kappa shape index (κ1) is 16.2. The van der Waals surface area contributed by atoms with E-state index in [4.69, 9.17) is 5.73 Å². The molecule has 0 aromatic heterocycles. The van der Waals surface area contributed by atoms with Crippen LogP contribution in [0.4, 0.5) is 4.39 Å². The summed E-state index contributed by atoms with van der Waals surface area (Å²) < 4.78 is 12.7. The Morgan fingerprint density at radius 2 is 2.05 bits per heavy atom. The third-order valence-corrected chi connectivity index (χ3v) is 3.14. The first-order chi connectivity index (χ1) is 8.58. The number of rotatable bonds is 4. The average Bonchev–Trinajstić information content (AvgIpc) is 3.19. The van der Waals surface area contributed by atoms with Crippen LogP contribution in [0.25, 0.3) is 0 Å². The van der Waals surface area contributed by atoms with Crippen LogP contribution in [0.1, 0.15) is 24.5 Å². The summed E-state index contributed by atoms with van der Waals surface area (Å²) in [4.78, 5) is 6.09. The van der Waals surface area contributed by atoms with Gasteiger partial charge in [0.1, 0.15) is 5.82 Å². The molecule has 0 radical (unpaired) electrons. The zero-order valence-corrected chi connectivity index (χ0v) is 13.1. The molecule has 1 fully saturated rings. The molecule has 19 heavy (non-hydrogen) atoms. The third-order valence-electron chi connectivity index (χ3n) is 3.14. The van der Waals surface area contributed by atoms with Crippen molar-refractivity contribution in [3.8, 4) is 0 Å². The second-order valence-electron chi connectivity index (χ2n) is 4.61. The Morgan fingerprint density at radius 1 is 1.47 bits per heavy atom. The van der Waals surface area contributed by atoms with E-state index in [0.717, 1.165) is 12.8 Å². The SMILES string of the molecule is CN(C(N)=NCC(O)c1ccc(F)cc1)C1CC1.I. The van der Waals surface area contributed by atoms with Gasteiger partial charge >= 0.3 is 0 Å². The van der Waals surface area contributed by atoms with Gasteiger partial charge in [-0.1, -0.05) is 12.1 Å². The zero-order chi connectivity index (χ0) is 13.1. The van der Waals surface area contributed by atoms with E-state index in [2.05, 4.69) is 4.99 Å². The molecule has 3 N–H and O–H groups in total. The van der Waals surface area contributed by atoms with E-state index in [9.17, 15) is 9.50 Å². The summed E-state index contributed by atoms with van der Waals surface area (Å²) in [5, 5.41) is 9.89. The van der Waals surface area contributed by atoms with Crippen molar-refractivity contribution in [2.45, 2.75) is 25.0 Å². The number of hydrogen-bond donors (Lipinski definition) is 2. The molecule has 0 bridgehead atoms. The Labute approximate surface area is 129 Å². The lowest BCUT2D eigenvalue weighted by Crippen LogP contribution is -2.36. The second-order valence-corrected chi connectivity index (χ2v) is 4.61. The number of nitrogens with zero attached hydrogens (tertiary/aromatic N) is 2. The molecule has 0 spiro atoms. The minimum absolute atomic E-state index is 0. The van der Waals surface area contributed by atoms with E-state index in [1.807, 2.05) is 11.9 Å². The van der Waals surface area contributed by atoms with Crippen molar-refractivity contribution in [2.75, 3.05) is 13.6 Å². The lowest BCUT2D eigenvalue weighted by molar-refractivity contribution is 0.186. The highest BCUT2D eigenvalue weighted by Crippen LogP contribution is 2.25. The van der Waals surface area contributed by atoms with E-state index >= 15 is 0 Å². The number of aliphatic hydroxyl groups excluding tert-OH is 1. The summed E-state index contributed by atoms with van der Waals surface area (Å²) in [6, 6.07) is 6.24. The molecular weight excluding hydrogens is 360 g/mol. The normalized spacial score (nSPS) is 16.7. The van der Waals surface area contributed by atoms with E-state index < -0.39 is 6.10 Å². The van der Waals surface area contributed by atoms with Crippen molar-refractivity contribution in [3.63, 3.8) is 0 Å². The van der Waals surface area contributed by atoms with E-state index in [1.165, 1.54) is 12.1 Å². The predicted molar refractivity (Wildman–Crippen MR) is 84.0 cm³/mol. The molecule has 6 heteroatoms. The van der Waals surface area contributed by atoms with Crippen LogP contribution in [-0.4, -0.2) is 35.6 Å². The Balaban J connectivity index is 0.00000180. The molecule has 0 amide bonds. The minimum atomic E-state index is -0.753. The van der Waals surface area contributed by atoms with Gasteiger partial charge in [0, 0.05) is 13.1 Å². The molecule has 1 unspecified atom stereocenters. The highest BCUT2D eigenvalue weighted by atomic mass is 127. The number of nitrogens with two attached hydrogens (primary N) is 1. The van der Waals surface area contributed by atoms with Gasteiger partial charge in [-0.25, -0.2) is 4.39 Å². The largest absolute Gasteiger partial charge is 0.386 e. The fraction of sp³-hybridized carbons (Fsp3) is 0.462. The number of halogens is 2. The molecule has 1 aromatic rings. The molecule has 106 valence electrons. The summed E-state index contributed by atoms with van der Waals surface area (Å²) in [6.45, 7) is 0.189. The topological polar surface area (TPSA) is 61.8 Å². The molecule has 2 rings (SSSR count). The zero-order valence-electron chi connectivity index (χ0n) is 10.8. The maximum atomic E-state index is 12.7. The van der Waals surface area contributed by atoms with Gasteiger partial charge in [-0.3, -0.25) is 4.99 Å². The first-order valence-electron chi connectivity index (χ1n) is 6.04. The van der Waals surface area contributed by atoms with Gasteiger partial charge in [-0.2, -0.15) is 0 Å². The predicted octanol–water partition coefficient (Wildman–Crippen LogP) is 1.89. The standard InChI is InChI=1S/C13H18FN3O.HI/c1-17(11-6-7-11)13(15)16-8-12(18)9-2-4-10(14)5-3-9;/h2-5,11-12,18H,6-8H2,1H3,(H2,15,16);1H. The summed E-state index contributed by atoms with van der Waals surface area (Å²) in [6.07, 6.45) is 1.54. The number of aliphatic hydroxyl groups is 1. The van der Waals surface area contributed by atoms with Gasteiger partial charge in [0.15, 0.2) is 5.96 Å². The van der Waals surface area contributed by atoms with Gasteiger partial charge in [-0.05, 0) is 30.5 Å². The molecule has 0 aliphatic heterocycles. The van der Waals surface area contributed by atoms with Crippen molar-refractivity contribution in [3.05, 3.63) is 35.6 Å². The van der Waals surface area contributed by atoms with Gasteiger partial charge in [0.2, 0.25) is 0 Å². The number of hydrogen-bond acceptors (Lipinski definition) is 2. The molecule has 4 nitrogen and oxygen atoms in total. The molecule has 1 aromatic carbocycles. The van der Waals surface area contributed by atoms with Crippen LogP contribution in [0, 0.1) is 5.82 Å². The smallest absolute Gasteiger partial charge is 0.191 e. The Hall–Kier alpha value is -0.890. The molecule has 1 saturated carbocycles. The fourth-order valence-corrected chi connectivity index (χ4v) is 1.73. The van der Waals surface area contributed by atoms with Crippen molar-refractivity contribution < 1.29 is 9.50 Å². The molecule has 1 aliphatic carbocycles. The quantitative estimate of drug-likeness (QED) is 0.477. The van der Waals surface area contributed by atoms with Crippen LogP contribution >= 0.6 is 24.0 Å². The van der Waals surface area contributed by atoms with Crippen LogP contribution < -0.4 is 5.73 Å². The average molecular weight is 379 g/mol. The first-order valence-corrected chi connectivity index (χ1v) is 6.04. The number of aliphatic imine (C=N–C) groups is 1. The van der Waals surface area contributed by atoms with Crippen LogP contribution in [-0.2, 0) is 0 Å². The van der Waals surface area contributed by atoms with E-state index in [0.29, 0.717) is 17.6 Å². The maximum absolute atomic E-state index is 12.7. The van der Waals surface area contributed by atoms with Crippen LogP contribution in [0.15, 0.2) is 29.3 Å². The van der Waals surface area contributed by atoms with Gasteiger partial charge in [-0.15, -0.1) is 24.0 Å². The molecule has 0 heterocycles. The molecule has 1 aliphatic rings. The highest BCUT2D eigenvalue weighted by Gasteiger charge is 2.27. The van der Waals surface area contributed by atoms with Gasteiger partial charge < -0.3 is 15.7 Å². The van der Waals surface area contributed by atoms with Crippen LogP contribution in [0.5, 0.6) is 0 Å². The number of benzene rings is 1. The number of guanidine groups is 1. The van der Waals surface area contributed by atoms with Gasteiger partial charge in [0.25, 0.3) is 0 Å². The summed E-state index contributed by atoms with van der Waals surface area (Å²) >= 11 is 0. The van der Waals surface area contributed by atoms with Crippen molar-refractivity contribution in [2.24, 2.45) is 10.7 Å². The monoisotopic (exact) mass is 379 g/mol. The Kier molecular flexibility index (Phi) is 5.99. The molecular formula is C13H19FIN3O. The molecule has 0 saturated heterocycles. The highest BCUT2D eigenvalue weighted by molar-refractivity contribution is 14.0. The minimum Gasteiger partial charge on any atom is -0.386 e. The van der Waals surface area contributed by atoms with Crippen molar-refractivity contribution in [1.29, 1.82) is 0 Å². The van der Waals surface area contributed by atoms with Crippen molar-refractivity contribution in [1.82, 2.24) is 4.90 Å². The van der Waals surface area contributed by atoms with E-state index in [1.54, 1.807) is 12.1 Å². The lowest BCUT2D eigenvalue weighted by atomic mass is 10.1. The summed E-state index contributed by atoms with van der Waals surface area (Å²) in [5.41, 5.74) is 6.45. The van der Waals surface area contributed by atoms with E-state index in [-0.39, 0.29) is 36.3 Å². The fourth-order valence-electron chi connectivity index (χ4n) is 1.73. The third kappa shape index (κ3) is 4.61. The van der Waals surface area contributed by atoms with Crippen LogP contribution in [0.3, 0.4) is 0 Å². The van der Waals surface area contributed by atoms with Crippen LogP contribution in [0.2, 0.25) is 0 Å². The Bertz CT molecular complexity index is 434. The lowest BCUT2D eigenvalue weighted by Gasteiger charge is -2.17. The van der Waals surface area contributed by atoms with Crippen molar-refractivity contribution >= 4 is 29.9 Å². The molecule has 1 atom stereocenters. The Morgan fingerprint density at radius 3 is 2.58 bits per heavy atom. The summed E-state index contributed by atoms with van der Waals surface area (Å²) in [5.74, 6) is 0.126. The summed E-state index contributed by atoms with van der Waals surface area (Å²) in [7, 11) is 1.90. The second kappa shape index (κ2) is 7.04. The maximum Gasteiger partial charge on any atom is 0.191 e. The van der Waals surface area contributed by atoms with Gasteiger partial charge in [0.05, 0.1) is 12.6 Å².